The molecular weight excluding hydrogens is 458 g/mol. The second-order valence-electron chi connectivity index (χ2n) is 8.18. The highest BCUT2D eigenvalue weighted by Crippen LogP contribution is 2.23. The standard InChI is InChI=1S/C29H25NO6/c1-19(2)27(31)34-17-22(18-35-28(32)25-15-7-11-20-9-3-5-13-23(20)25)36-29(33)30-26-16-8-12-21-10-4-6-14-24(21)26/h3-16,22H,1,17-18H2,2H3,(H,30,33). The first-order chi connectivity index (χ1) is 17.4. The van der Waals surface area contributed by atoms with E-state index in [-0.39, 0.29) is 18.8 Å². The fourth-order valence-corrected chi connectivity index (χ4v) is 3.68. The Bertz CT molecular complexity index is 1430. The highest BCUT2D eigenvalue weighted by Gasteiger charge is 2.21. The van der Waals surface area contributed by atoms with Crippen LogP contribution in [0.1, 0.15) is 17.3 Å². The van der Waals surface area contributed by atoms with Gasteiger partial charge in [-0.15, -0.1) is 0 Å². The molecule has 7 heteroatoms. The van der Waals surface area contributed by atoms with Crippen LogP contribution in [-0.4, -0.2) is 37.3 Å². The fraction of sp³-hybridized carbons (Fsp3) is 0.138. The van der Waals surface area contributed by atoms with Crippen molar-refractivity contribution in [2.45, 2.75) is 13.0 Å². The predicted octanol–water partition coefficient (Wildman–Crippen LogP) is 5.89. The van der Waals surface area contributed by atoms with Gasteiger partial charge >= 0.3 is 18.0 Å². The van der Waals surface area contributed by atoms with Crippen LogP contribution in [0, 0.1) is 0 Å². The topological polar surface area (TPSA) is 90.9 Å². The minimum Gasteiger partial charge on any atom is -0.458 e. The van der Waals surface area contributed by atoms with Crippen molar-refractivity contribution in [2.24, 2.45) is 0 Å². The molecule has 182 valence electrons. The maximum absolute atomic E-state index is 12.8. The van der Waals surface area contributed by atoms with Crippen LogP contribution in [0.5, 0.6) is 0 Å². The van der Waals surface area contributed by atoms with E-state index in [0.29, 0.717) is 11.3 Å². The van der Waals surface area contributed by atoms with Crippen molar-refractivity contribution >= 4 is 45.3 Å². The van der Waals surface area contributed by atoms with Gasteiger partial charge in [0, 0.05) is 11.0 Å². The number of ether oxygens (including phenoxy) is 3. The molecule has 0 aliphatic heterocycles. The molecule has 0 aliphatic rings. The molecule has 0 heterocycles. The van der Waals surface area contributed by atoms with E-state index in [1.807, 2.05) is 66.7 Å². The number of fused-ring (bicyclic) bond motifs is 2. The summed E-state index contributed by atoms with van der Waals surface area (Å²) in [6.07, 6.45) is -1.81. The summed E-state index contributed by atoms with van der Waals surface area (Å²) in [7, 11) is 0. The molecule has 0 saturated carbocycles. The molecule has 1 amide bonds. The minimum absolute atomic E-state index is 0.196. The van der Waals surface area contributed by atoms with Gasteiger partial charge in [0.15, 0.2) is 6.10 Å². The highest BCUT2D eigenvalue weighted by atomic mass is 16.6. The first-order valence-corrected chi connectivity index (χ1v) is 11.4. The molecular formula is C29H25NO6. The first kappa shape index (κ1) is 24.5. The van der Waals surface area contributed by atoms with Crippen molar-refractivity contribution in [2.75, 3.05) is 18.5 Å². The molecule has 7 nitrogen and oxygen atoms in total. The summed E-state index contributed by atoms with van der Waals surface area (Å²) < 4.78 is 16.1. The number of carbonyl (C=O) groups excluding carboxylic acids is 3. The largest absolute Gasteiger partial charge is 0.458 e. The van der Waals surface area contributed by atoms with Gasteiger partial charge in [0.05, 0.1) is 11.3 Å². The lowest BCUT2D eigenvalue weighted by molar-refractivity contribution is -0.142. The Balaban J connectivity index is 1.46. The summed E-state index contributed by atoms with van der Waals surface area (Å²) in [6, 6.07) is 25.8. The SMILES string of the molecule is C=C(C)C(=O)OCC(COC(=O)c1cccc2ccccc12)OC(=O)Nc1cccc2ccccc12. The Morgan fingerprint density at radius 2 is 1.36 bits per heavy atom. The molecule has 0 saturated heterocycles. The van der Waals surface area contributed by atoms with E-state index in [0.717, 1.165) is 21.5 Å². The summed E-state index contributed by atoms with van der Waals surface area (Å²) in [5.41, 5.74) is 1.14. The van der Waals surface area contributed by atoms with Crippen LogP contribution in [0.2, 0.25) is 0 Å². The highest BCUT2D eigenvalue weighted by molar-refractivity contribution is 6.04. The second-order valence-corrected chi connectivity index (χ2v) is 8.18. The molecule has 4 aromatic rings. The molecule has 0 spiro atoms. The molecule has 1 N–H and O–H groups in total. The van der Waals surface area contributed by atoms with Crippen LogP contribution in [0.4, 0.5) is 10.5 Å². The number of anilines is 1. The van der Waals surface area contributed by atoms with Gasteiger partial charge in [0.1, 0.15) is 13.2 Å². The normalized spacial score (nSPS) is 11.5. The van der Waals surface area contributed by atoms with Gasteiger partial charge in [-0.1, -0.05) is 79.4 Å². The molecule has 0 bridgehead atoms. The summed E-state index contributed by atoms with van der Waals surface area (Å²) in [5.74, 6) is -1.22. The molecule has 4 aromatic carbocycles. The smallest absolute Gasteiger partial charge is 0.412 e. The zero-order chi connectivity index (χ0) is 25.5. The van der Waals surface area contributed by atoms with Crippen LogP contribution in [0.15, 0.2) is 97.1 Å². The van der Waals surface area contributed by atoms with Gasteiger partial charge in [0.2, 0.25) is 0 Å². The Morgan fingerprint density at radius 1 is 0.778 bits per heavy atom. The third kappa shape index (κ3) is 5.88. The number of esters is 2. The lowest BCUT2D eigenvalue weighted by Crippen LogP contribution is -2.32. The number of amides is 1. The van der Waals surface area contributed by atoms with Crippen molar-refractivity contribution in [1.29, 1.82) is 0 Å². The molecule has 1 unspecified atom stereocenters. The Labute approximate surface area is 208 Å². The van der Waals surface area contributed by atoms with E-state index in [4.69, 9.17) is 14.2 Å². The van der Waals surface area contributed by atoms with Gasteiger partial charge in [-0.25, -0.2) is 14.4 Å². The monoisotopic (exact) mass is 483 g/mol. The molecule has 1 atom stereocenters. The predicted molar refractivity (Wildman–Crippen MR) is 138 cm³/mol. The van der Waals surface area contributed by atoms with E-state index in [1.54, 1.807) is 18.2 Å². The number of hydrogen-bond acceptors (Lipinski definition) is 6. The zero-order valence-corrected chi connectivity index (χ0v) is 19.7. The van der Waals surface area contributed by atoms with Crippen molar-refractivity contribution < 1.29 is 28.6 Å². The first-order valence-electron chi connectivity index (χ1n) is 11.4. The van der Waals surface area contributed by atoms with Gasteiger partial charge in [-0.3, -0.25) is 5.32 Å². The lowest BCUT2D eigenvalue weighted by Gasteiger charge is -2.19. The molecule has 0 fully saturated rings. The van der Waals surface area contributed by atoms with Crippen molar-refractivity contribution in [1.82, 2.24) is 0 Å². The molecule has 0 aliphatic carbocycles. The van der Waals surface area contributed by atoms with Gasteiger partial charge in [-0.2, -0.15) is 0 Å². The summed E-state index contributed by atoms with van der Waals surface area (Å²) in [6.45, 7) is 4.43. The maximum Gasteiger partial charge on any atom is 0.412 e. The van der Waals surface area contributed by atoms with Crippen molar-refractivity contribution in [3.63, 3.8) is 0 Å². The van der Waals surface area contributed by atoms with Crippen LogP contribution < -0.4 is 5.32 Å². The number of benzene rings is 4. The van der Waals surface area contributed by atoms with Gasteiger partial charge in [0.25, 0.3) is 0 Å². The Kier molecular flexibility index (Phi) is 7.60. The van der Waals surface area contributed by atoms with Crippen LogP contribution in [0.3, 0.4) is 0 Å². The molecule has 36 heavy (non-hydrogen) atoms. The van der Waals surface area contributed by atoms with Crippen LogP contribution in [-0.2, 0) is 19.0 Å². The summed E-state index contributed by atoms with van der Waals surface area (Å²) in [5, 5.41) is 6.13. The Hall–Kier alpha value is -4.65. The average molecular weight is 484 g/mol. The quantitative estimate of drug-likeness (QED) is 0.191. The van der Waals surface area contributed by atoms with Gasteiger partial charge < -0.3 is 14.2 Å². The number of nitrogens with one attached hydrogen (secondary N) is 1. The summed E-state index contributed by atoms with van der Waals surface area (Å²) in [4.78, 5) is 37.4. The fourth-order valence-electron chi connectivity index (χ4n) is 3.68. The Morgan fingerprint density at radius 3 is 2.08 bits per heavy atom. The maximum atomic E-state index is 12.8. The van der Waals surface area contributed by atoms with Crippen LogP contribution in [0.25, 0.3) is 21.5 Å². The van der Waals surface area contributed by atoms with Crippen LogP contribution >= 0.6 is 0 Å². The number of rotatable bonds is 8. The van der Waals surface area contributed by atoms with E-state index < -0.39 is 24.1 Å². The van der Waals surface area contributed by atoms with Crippen molar-refractivity contribution in [3.8, 4) is 0 Å². The summed E-state index contributed by atoms with van der Waals surface area (Å²) >= 11 is 0. The molecule has 0 aromatic heterocycles. The van der Waals surface area contributed by atoms with E-state index >= 15 is 0 Å². The number of hydrogen-bond donors (Lipinski definition) is 1. The number of carbonyl (C=O) groups is 3. The lowest BCUT2D eigenvalue weighted by atomic mass is 10.1. The van der Waals surface area contributed by atoms with E-state index in [9.17, 15) is 14.4 Å². The van der Waals surface area contributed by atoms with Crippen molar-refractivity contribution in [3.05, 3.63) is 103 Å². The van der Waals surface area contributed by atoms with E-state index in [1.165, 1.54) is 6.92 Å². The second kappa shape index (κ2) is 11.2. The minimum atomic E-state index is -1.04. The third-order valence-corrected chi connectivity index (χ3v) is 5.46. The molecule has 0 radical (unpaired) electrons. The third-order valence-electron chi connectivity index (χ3n) is 5.46. The average Bonchev–Trinajstić information content (AvgIpc) is 2.89. The van der Waals surface area contributed by atoms with E-state index in [2.05, 4.69) is 11.9 Å². The molecule has 4 rings (SSSR count). The van der Waals surface area contributed by atoms with Gasteiger partial charge in [-0.05, 0) is 35.2 Å². The zero-order valence-electron chi connectivity index (χ0n) is 19.7.